The van der Waals surface area contributed by atoms with Crippen LogP contribution in [0.5, 0.6) is 0 Å². The first-order chi connectivity index (χ1) is 13.9. The van der Waals surface area contributed by atoms with Gasteiger partial charge >= 0.3 is 5.97 Å². The summed E-state index contributed by atoms with van der Waals surface area (Å²) >= 11 is 0. The molecule has 7 heteroatoms. The number of aliphatic carboxylic acids is 1. The van der Waals surface area contributed by atoms with Crippen LogP contribution in [0.1, 0.15) is 56.4 Å². The van der Waals surface area contributed by atoms with Gasteiger partial charge in [-0.2, -0.15) is 0 Å². The summed E-state index contributed by atoms with van der Waals surface area (Å²) in [4.78, 5) is 49.8. The summed E-state index contributed by atoms with van der Waals surface area (Å²) in [5.74, 6) is -2.68. The van der Waals surface area contributed by atoms with Crippen LogP contribution >= 0.6 is 0 Å². The van der Waals surface area contributed by atoms with Crippen LogP contribution in [0, 0.1) is 5.92 Å². The van der Waals surface area contributed by atoms with Crippen molar-refractivity contribution >= 4 is 23.7 Å². The molecule has 0 radical (unpaired) electrons. The van der Waals surface area contributed by atoms with Crippen LogP contribution in [0.3, 0.4) is 0 Å². The molecule has 3 amide bonds. The van der Waals surface area contributed by atoms with E-state index in [0.29, 0.717) is 35.1 Å². The van der Waals surface area contributed by atoms with Crippen molar-refractivity contribution in [2.75, 3.05) is 6.54 Å². The fourth-order valence-corrected chi connectivity index (χ4v) is 3.36. The van der Waals surface area contributed by atoms with Gasteiger partial charge in [-0.1, -0.05) is 37.6 Å². The monoisotopic (exact) mass is 394 g/mol. The molecule has 1 atom stereocenters. The number of nitrogens with zero attached hydrogens (tertiary/aromatic N) is 1. The quantitative estimate of drug-likeness (QED) is 0.670. The Kier molecular flexibility index (Phi) is 6.07. The lowest BCUT2D eigenvalue weighted by Gasteiger charge is -2.15. The minimum absolute atomic E-state index is 0.0463. The Balaban J connectivity index is 1.69. The Labute approximate surface area is 168 Å². The number of fused-ring (bicyclic) bond motifs is 1. The molecule has 0 aromatic heterocycles. The van der Waals surface area contributed by atoms with E-state index in [1.54, 1.807) is 48.5 Å². The van der Waals surface area contributed by atoms with Gasteiger partial charge in [-0.3, -0.25) is 24.1 Å². The van der Waals surface area contributed by atoms with Crippen LogP contribution < -0.4 is 5.32 Å². The van der Waals surface area contributed by atoms with Gasteiger partial charge in [0, 0.05) is 12.1 Å². The van der Waals surface area contributed by atoms with Crippen LogP contribution in [0.4, 0.5) is 0 Å². The second-order valence-corrected chi connectivity index (χ2v) is 6.98. The molecule has 0 aliphatic carbocycles. The van der Waals surface area contributed by atoms with Crippen molar-refractivity contribution in [2.45, 2.75) is 26.3 Å². The van der Waals surface area contributed by atoms with Gasteiger partial charge in [0.25, 0.3) is 17.7 Å². The molecule has 2 N–H and O–H groups in total. The zero-order valence-electron chi connectivity index (χ0n) is 16.1. The lowest BCUT2D eigenvalue weighted by Crippen LogP contribution is -2.33. The summed E-state index contributed by atoms with van der Waals surface area (Å²) in [5.41, 5.74) is 1.74. The Bertz CT molecular complexity index is 934. The number of carboxylic acid groups (broad SMARTS) is 1. The Hall–Kier alpha value is -3.48. The van der Waals surface area contributed by atoms with Crippen molar-refractivity contribution in [1.82, 2.24) is 10.2 Å². The Morgan fingerprint density at radius 3 is 2.28 bits per heavy atom. The number of carbonyl (C=O) groups excluding carboxylic acids is 3. The summed E-state index contributed by atoms with van der Waals surface area (Å²) in [7, 11) is 0. The maximum Gasteiger partial charge on any atom is 0.308 e. The third kappa shape index (κ3) is 4.34. The number of amides is 3. The highest BCUT2D eigenvalue weighted by Crippen LogP contribution is 2.24. The molecule has 3 rings (SSSR count). The highest BCUT2D eigenvalue weighted by atomic mass is 16.4. The van der Waals surface area contributed by atoms with Crippen LogP contribution in [0.25, 0.3) is 0 Å². The molecular formula is C22H22N2O5. The molecule has 150 valence electrons. The Morgan fingerprint density at radius 1 is 1.03 bits per heavy atom. The van der Waals surface area contributed by atoms with Crippen LogP contribution in [0.2, 0.25) is 0 Å². The zero-order valence-corrected chi connectivity index (χ0v) is 16.1. The fraction of sp³-hybridized carbons (Fsp3) is 0.273. The number of carbonyl (C=O) groups is 4. The molecule has 0 saturated carbocycles. The second-order valence-electron chi connectivity index (χ2n) is 6.98. The summed E-state index contributed by atoms with van der Waals surface area (Å²) < 4.78 is 0. The van der Waals surface area contributed by atoms with Crippen molar-refractivity contribution < 1.29 is 24.3 Å². The van der Waals surface area contributed by atoms with Crippen molar-refractivity contribution in [3.8, 4) is 0 Å². The zero-order chi connectivity index (χ0) is 21.0. The highest BCUT2D eigenvalue weighted by molar-refractivity contribution is 6.21. The van der Waals surface area contributed by atoms with E-state index in [-0.39, 0.29) is 24.9 Å². The first-order valence-electron chi connectivity index (χ1n) is 9.47. The van der Waals surface area contributed by atoms with Gasteiger partial charge in [0.2, 0.25) is 0 Å². The molecule has 0 saturated heterocycles. The predicted octanol–water partition coefficient (Wildman–Crippen LogP) is 2.71. The minimum Gasteiger partial charge on any atom is -0.481 e. The van der Waals surface area contributed by atoms with Gasteiger partial charge in [0.1, 0.15) is 0 Å². The number of hydrogen-bond acceptors (Lipinski definition) is 4. The van der Waals surface area contributed by atoms with Gasteiger partial charge in [0.05, 0.1) is 23.6 Å². The molecule has 0 bridgehead atoms. The molecule has 1 aliphatic heterocycles. The van der Waals surface area contributed by atoms with E-state index in [0.717, 1.165) is 4.90 Å². The van der Waals surface area contributed by atoms with Crippen LogP contribution in [-0.2, 0) is 11.3 Å². The molecule has 2 aromatic rings. The minimum atomic E-state index is -0.938. The molecule has 0 spiro atoms. The van der Waals surface area contributed by atoms with E-state index in [1.807, 2.05) is 6.92 Å². The van der Waals surface area contributed by atoms with E-state index in [2.05, 4.69) is 5.32 Å². The average Bonchev–Trinajstić information content (AvgIpc) is 2.96. The number of carboxylic acids is 1. The number of nitrogens with one attached hydrogen (secondary N) is 1. The first-order valence-corrected chi connectivity index (χ1v) is 9.47. The third-order valence-electron chi connectivity index (χ3n) is 4.90. The topological polar surface area (TPSA) is 104 Å². The largest absolute Gasteiger partial charge is 0.481 e. The van der Waals surface area contributed by atoms with Crippen molar-refractivity contribution in [3.63, 3.8) is 0 Å². The lowest BCUT2D eigenvalue weighted by molar-refractivity contribution is -0.141. The molecule has 7 nitrogen and oxygen atoms in total. The summed E-state index contributed by atoms with van der Waals surface area (Å²) in [6.45, 7) is 1.99. The van der Waals surface area contributed by atoms with E-state index >= 15 is 0 Å². The SMILES string of the molecule is CCCC(CNC(=O)c1cccc(CN2C(=O)c3ccccc3C2=O)c1)C(=O)O. The van der Waals surface area contributed by atoms with Gasteiger partial charge in [0.15, 0.2) is 0 Å². The highest BCUT2D eigenvalue weighted by Gasteiger charge is 2.35. The van der Waals surface area contributed by atoms with Crippen molar-refractivity contribution in [1.29, 1.82) is 0 Å². The third-order valence-corrected chi connectivity index (χ3v) is 4.90. The predicted molar refractivity (Wildman–Crippen MR) is 105 cm³/mol. The van der Waals surface area contributed by atoms with Gasteiger partial charge < -0.3 is 10.4 Å². The maximum absolute atomic E-state index is 12.5. The normalized spacial score (nSPS) is 13.9. The van der Waals surface area contributed by atoms with Crippen LogP contribution in [-0.4, -0.2) is 40.2 Å². The lowest BCUT2D eigenvalue weighted by atomic mass is 10.0. The average molecular weight is 394 g/mol. The number of hydrogen-bond donors (Lipinski definition) is 2. The van der Waals surface area contributed by atoms with Crippen molar-refractivity contribution in [2.24, 2.45) is 5.92 Å². The summed E-state index contributed by atoms with van der Waals surface area (Å²) in [5, 5.41) is 11.8. The molecule has 1 heterocycles. The summed E-state index contributed by atoms with van der Waals surface area (Å²) in [6.07, 6.45) is 1.19. The van der Waals surface area contributed by atoms with E-state index in [1.165, 1.54) is 0 Å². The van der Waals surface area contributed by atoms with Gasteiger partial charge in [-0.05, 0) is 36.2 Å². The van der Waals surface area contributed by atoms with Gasteiger partial charge in [-0.25, -0.2) is 0 Å². The number of rotatable bonds is 8. The van der Waals surface area contributed by atoms with E-state index in [4.69, 9.17) is 0 Å². The number of benzene rings is 2. The molecule has 0 fully saturated rings. The molecule has 1 unspecified atom stereocenters. The van der Waals surface area contributed by atoms with Crippen molar-refractivity contribution in [3.05, 3.63) is 70.8 Å². The number of imide groups is 1. The molecule has 2 aromatic carbocycles. The molecule has 1 aliphatic rings. The second kappa shape index (κ2) is 8.68. The maximum atomic E-state index is 12.5. The van der Waals surface area contributed by atoms with Gasteiger partial charge in [-0.15, -0.1) is 0 Å². The standard InChI is InChI=1S/C22H22N2O5/c1-2-6-16(22(28)29)12-23-19(25)15-8-5-7-14(11-15)13-24-20(26)17-9-3-4-10-18(17)21(24)27/h3-5,7-11,16H,2,6,12-13H2,1H3,(H,23,25)(H,28,29). The first kappa shape index (κ1) is 20.3. The fourth-order valence-electron chi connectivity index (χ4n) is 3.36. The molecular weight excluding hydrogens is 372 g/mol. The summed E-state index contributed by atoms with van der Waals surface area (Å²) in [6, 6.07) is 13.3. The van der Waals surface area contributed by atoms with Crippen LogP contribution in [0.15, 0.2) is 48.5 Å². The van der Waals surface area contributed by atoms with E-state index < -0.39 is 17.8 Å². The smallest absolute Gasteiger partial charge is 0.308 e. The molecule has 29 heavy (non-hydrogen) atoms. The Morgan fingerprint density at radius 2 is 1.69 bits per heavy atom. The van der Waals surface area contributed by atoms with E-state index in [9.17, 15) is 24.3 Å².